The zero-order valence-corrected chi connectivity index (χ0v) is 17.5. The van der Waals surface area contributed by atoms with Crippen LogP contribution in [0.3, 0.4) is 0 Å². The minimum Gasteiger partial charge on any atom is -0.345 e. The Bertz CT molecular complexity index is 746. The van der Waals surface area contributed by atoms with Crippen LogP contribution in [-0.2, 0) is 10.0 Å². The van der Waals surface area contributed by atoms with Gasteiger partial charge in [0.15, 0.2) is 0 Å². The van der Waals surface area contributed by atoms with E-state index in [1.54, 1.807) is 32.9 Å². The second kappa shape index (κ2) is 8.69. The number of nitrogens with zero attached hydrogens (tertiary/aromatic N) is 1. The fourth-order valence-electron chi connectivity index (χ4n) is 3.09. The summed E-state index contributed by atoms with van der Waals surface area (Å²) in [4.78, 5) is 12.9. The van der Waals surface area contributed by atoms with E-state index in [-0.39, 0.29) is 23.2 Å². The van der Waals surface area contributed by atoms with Gasteiger partial charge in [-0.1, -0.05) is 19.9 Å². The van der Waals surface area contributed by atoms with Crippen LogP contribution < -0.4 is 11.1 Å². The number of carbonyl (C=O) groups is 1. The highest BCUT2D eigenvalue weighted by molar-refractivity contribution is 7.89. The molecule has 0 bridgehead atoms. The number of hydrogen-bond donors (Lipinski definition) is 2. The maximum Gasteiger partial charge on any atom is 0.251 e. The third kappa shape index (κ3) is 4.57. The smallest absolute Gasteiger partial charge is 0.251 e. The molecule has 1 fully saturated rings. The molecule has 148 valence electrons. The van der Waals surface area contributed by atoms with Gasteiger partial charge in [0.25, 0.3) is 5.91 Å². The first-order valence-electron chi connectivity index (χ1n) is 8.83. The summed E-state index contributed by atoms with van der Waals surface area (Å²) in [5.74, 6) is 0.113. The third-order valence-corrected chi connectivity index (χ3v) is 7.27. The average molecular weight is 404 g/mol. The van der Waals surface area contributed by atoms with E-state index < -0.39 is 15.6 Å². The lowest BCUT2D eigenvalue weighted by Crippen LogP contribution is -2.53. The third-order valence-electron chi connectivity index (χ3n) is 5.08. The lowest BCUT2D eigenvalue weighted by atomic mass is 9.95. The van der Waals surface area contributed by atoms with Gasteiger partial charge in [0.1, 0.15) is 0 Å². The fourth-order valence-corrected chi connectivity index (χ4v) is 4.80. The predicted molar refractivity (Wildman–Crippen MR) is 106 cm³/mol. The minimum absolute atomic E-state index is 0. The largest absolute Gasteiger partial charge is 0.345 e. The average Bonchev–Trinajstić information content (AvgIpc) is 3.41. The molecule has 1 amide bonds. The molecule has 26 heavy (non-hydrogen) atoms. The molecule has 0 heterocycles. The summed E-state index contributed by atoms with van der Waals surface area (Å²) < 4.78 is 27.0. The Balaban J connectivity index is 0.00000338. The van der Waals surface area contributed by atoms with Crippen LogP contribution in [0.1, 0.15) is 49.5 Å². The SMILES string of the molecule is CCN(CC)S(=O)(=O)c1cc(C(=O)NC(C)(CN)C2CC2)ccc1C.Cl. The molecule has 0 saturated heterocycles. The second-order valence-electron chi connectivity index (χ2n) is 6.92. The molecule has 3 N–H and O–H groups in total. The molecule has 1 aromatic rings. The Morgan fingerprint density at radius 2 is 1.88 bits per heavy atom. The van der Waals surface area contributed by atoms with Gasteiger partial charge in [-0.05, 0) is 50.3 Å². The summed E-state index contributed by atoms with van der Waals surface area (Å²) in [6, 6.07) is 4.82. The molecule has 1 aliphatic carbocycles. The van der Waals surface area contributed by atoms with Crippen molar-refractivity contribution in [3.8, 4) is 0 Å². The summed E-state index contributed by atoms with van der Waals surface area (Å²) in [5, 5.41) is 3.00. The number of halogens is 1. The van der Waals surface area contributed by atoms with Gasteiger partial charge in [0.05, 0.1) is 10.4 Å². The van der Waals surface area contributed by atoms with Crippen LogP contribution in [0.2, 0.25) is 0 Å². The first-order valence-corrected chi connectivity index (χ1v) is 10.3. The Morgan fingerprint density at radius 1 is 1.31 bits per heavy atom. The Kier molecular flexibility index (Phi) is 7.65. The van der Waals surface area contributed by atoms with Gasteiger partial charge in [-0.3, -0.25) is 4.79 Å². The lowest BCUT2D eigenvalue weighted by Gasteiger charge is -2.29. The summed E-state index contributed by atoms with van der Waals surface area (Å²) in [6.07, 6.45) is 2.12. The molecule has 0 aliphatic heterocycles. The predicted octanol–water partition coefficient (Wildman–Crippen LogP) is 2.30. The summed E-state index contributed by atoms with van der Waals surface area (Å²) in [7, 11) is -3.61. The minimum atomic E-state index is -3.61. The van der Waals surface area contributed by atoms with Crippen molar-refractivity contribution in [2.24, 2.45) is 11.7 Å². The molecule has 0 spiro atoms. The van der Waals surface area contributed by atoms with Crippen LogP contribution >= 0.6 is 12.4 Å². The fraction of sp³-hybridized carbons (Fsp3) is 0.611. The van der Waals surface area contributed by atoms with E-state index >= 15 is 0 Å². The zero-order valence-electron chi connectivity index (χ0n) is 15.9. The molecular weight excluding hydrogens is 374 g/mol. The number of amides is 1. The van der Waals surface area contributed by atoms with Crippen LogP contribution in [-0.4, -0.2) is 43.8 Å². The number of nitrogens with two attached hydrogens (primary N) is 1. The lowest BCUT2D eigenvalue weighted by molar-refractivity contribution is 0.0897. The van der Waals surface area contributed by atoms with Crippen molar-refractivity contribution in [2.75, 3.05) is 19.6 Å². The van der Waals surface area contributed by atoms with E-state index in [0.29, 0.717) is 36.7 Å². The molecule has 1 aliphatic rings. The Morgan fingerprint density at radius 3 is 2.35 bits per heavy atom. The molecule has 1 aromatic carbocycles. The van der Waals surface area contributed by atoms with E-state index in [0.717, 1.165) is 12.8 Å². The highest BCUT2D eigenvalue weighted by Gasteiger charge is 2.41. The quantitative estimate of drug-likeness (QED) is 0.696. The molecule has 1 unspecified atom stereocenters. The van der Waals surface area contributed by atoms with E-state index in [9.17, 15) is 13.2 Å². The summed E-state index contributed by atoms with van der Waals surface area (Å²) in [6.45, 7) is 8.43. The van der Waals surface area contributed by atoms with Gasteiger partial charge in [0.2, 0.25) is 10.0 Å². The zero-order chi connectivity index (χ0) is 18.8. The van der Waals surface area contributed by atoms with Gasteiger partial charge >= 0.3 is 0 Å². The van der Waals surface area contributed by atoms with Crippen LogP contribution in [0.5, 0.6) is 0 Å². The van der Waals surface area contributed by atoms with Gasteiger partial charge in [-0.15, -0.1) is 12.4 Å². The van der Waals surface area contributed by atoms with Gasteiger partial charge in [-0.25, -0.2) is 8.42 Å². The van der Waals surface area contributed by atoms with E-state index in [4.69, 9.17) is 5.73 Å². The summed E-state index contributed by atoms with van der Waals surface area (Å²) >= 11 is 0. The molecule has 2 rings (SSSR count). The number of carbonyl (C=O) groups excluding carboxylic acids is 1. The van der Waals surface area contributed by atoms with Crippen molar-refractivity contribution < 1.29 is 13.2 Å². The maximum atomic E-state index is 12.8. The van der Waals surface area contributed by atoms with Crippen molar-refractivity contribution >= 4 is 28.3 Å². The molecule has 8 heteroatoms. The van der Waals surface area contributed by atoms with Crippen LogP contribution in [0, 0.1) is 12.8 Å². The molecule has 6 nitrogen and oxygen atoms in total. The number of aryl methyl sites for hydroxylation is 1. The molecular formula is C18H30ClN3O3S. The monoisotopic (exact) mass is 403 g/mol. The first kappa shape index (κ1) is 22.9. The van der Waals surface area contributed by atoms with E-state index in [1.807, 2.05) is 6.92 Å². The molecule has 0 radical (unpaired) electrons. The number of rotatable bonds is 8. The van der Waals surface area contributed by atoms with Gasteiger partial charge in [-0.2, -0.15) is 4.31 Å². The van der Waals surface area contributed by atoms with Crippen LogP contribution in [0.25, 0.3) is 0 Å². The Hall–Kier alpha value is -1.15. The molecule has 1 saturated carbocycles. The highest BCUT2D eigenvalue weighted by atomic mass is 35.5. The van der Waals surface area contributed by atoms with Crippen molar-refractivity contribution in [2.45, 2.75) is 51.0 Å². The standard InChI is InChI=1S/C18H29N3O3S.ClH/c1-5-21(6-2)25(23,24)16-11-14(8-7-13(16)3)17(22)20-18(4,12-19)15-9-10-15;/h7-8,11,15H,5-6,9-10,12,19H2,1-4H3,(H,20,22);1H. The number of hydrogen-bond acceptors (Lipinski definition) is 4. The Labute approximate surface area is 163 Å². The summed E-state index contributed by atoms with van der Waals surface area (Å²) in [5.41, 5.74) is 6.39. The van der Waals surface area contributed by atoms with Crippen molar-refractivity contribution in [3.05, 3.63) is 29.3 Å². The van der Waals surface area contributed by atoms with Gasteiger partial charge < -0.3 is 11.1 Å². The topological polar surface area (TPSA) is 92.5 Å². The van der Waals surface area contributed by atoms with Gasteiger partial charge in [0, 0.05) is 25.2 Å². The van der Waals surface area contributed by atoms with Crippen molar-refractivity contribution in [3.63, 3.8) is 0 Å². The molecule has 0 aromatic heterocycles. The maximum absolute atomic E-state index is 12.8. The number of sulfonamides is 1. The van der Waals surface area contributed by atoms with E-state index in [1.165, 1.54) is 10.4 Å². The van der Waals surface area contributed by atoms with Crippen LogP contribution in [0.15, 0.2) is 23.1 Å². The number of nitrogens with one attached hydrogen (secondary N) is 1. The second-order valence-corrected chi connectivity index (χ2v) is 8.83. The molecule has 1 atom stereocenters. The van der Waals surface area contributed by atoms with E-state index in [2.05, 4.69) is 5.32 Å². The van der Waals surface area contributed by atoms with Crippen molar-refractivity contribution in [1.82, 2.24) is 9.62 Å². The normalized spacial score (nSPS) is 16.7. The first-order chi connectivity index (χ1) is 11.7. The number of benzene rings is 1. The highest BCUT2D eigenvalue weighted by Crippen LogP contribution is 2.39. The van der Waals surface area contributed by atoms with Crippen molar-refractivity contribution in [1.29, 1.82) is 0 Å². The van der Waals surface area contributed by atoms with Crippen LogP contribution in [0.4, 0.5) is 0 Å².